The summed E-state index contributed by atoms with van der Waals surface area (Å²) in [4.78, 5) is 1.59. The van der Waals surface area contributed by atoms with E-state index in [4.69, 9.17) is 0 Å². The molecule has 0 saturated carbocycles. The van der Waals surface area contributed by atoms with E-state index in [0.29, 0.717) is 0 Å². The molecule has 0 aliphatic rings. The Labute approximate surface area is 125 Å². The molecule has 1 aromatic heterocycles. The van der Waals surface area contributed by atoms with E-state index in [-0.39, 0.29) is 0 Å². The van der Waals surface area contributed by atoms with Gasteiger partial charge in [-0.2, -0.15) is 0 Å². The van der Waals surface area contributed by atoms with Crippen LogP contribution in [-0.4, -0.2) is 26.0 Å². The molecule has 0 bridgehead atoms. The monoisotopic (exact) mass is 290 g/mol. The van der Waals surface area contributed by atoms with Crippen LogP contribution in [0.4, 0.5) is 0 Å². The molecular formula is C15H22N4S. The molecule has 4 nitrogen and oxygen atoms in total. The van der Waals surface area contributed by atoms with Crippen LogP contribution in [0.2, 0.25) is 0 Å². The first-order chi connectivity index (χ1) is 9.90. The van der Waals surface area contributed by atoms with Crippen LogP contribution >= 0.6 is 11.8 Å². The van der Waals surface area contributed by atoms with E-state index in [9.17, 15) is 0 Å². The molecule has 0 aliphatic carbocycles. The van der Waals surface area contributed by atoms with Crippen molar-refractivity contribution in [1.82, 2.24) is 20.2 Å². The highest BCUT2D eigenvalue weighted by Crippen LogP contribution is 2.16. The summed E-state index contributed by atoms with van der Waals surface area (Å²) >= 11 is 1.69. The van der Waals surface area contributed by atoms with E-state index in [1.807, 2.05) is 30.3 Å². The second-order valence-electron chi connectivity index (χ2n) is 4.81. The summed E-state index contributed by atoms with van der Waals surface area (Å²) in [5, 5.41) is 13.3. The Morgan fingerprint density at radius 2 is 1.75 bits per heavy atom. The molecule has 0 N–H and O–H groups in total. The third-order valence-electron chi connectivity index (χ3n) is 3.11. The molecular weight excluding hydrogens is 268 g/mol. The zero-order valence-electron chi connectivity index (χ0n) is 12.0. The first-order valence-electron chi connectivity index (χ1n) is 7.38. The second kappa shape index (κ2) is 8.74. The standard InChI is InChI=1S/C15H22N4S/c1-2-3-4-5-6-10-13-20-15-16-18-19(17-15)14-11-8-7-9-12-14/h7-9,11-12H,2-6,10,13H2,1H3. The minimum atomic E-state index is 0.766. The smallest absolute Gasteiger partial charge is 0.130 e. The second-order valence-corrected chi connectivity index (χ2v) is 5.88. The number of unbranched alkanes of at least 4 members (excludes halogenated alkanes) is 5. The molecule has 20 heavy (non-hydrogen) atoms. The van der Waals surface area contributed by atoms with Gasteiger partial charge in [-0.05, 0) is 23.8 Å². The molecule has 2 rings (SSSR count). The van der Waals surface area contributed by atoms with E-state index in [0.717, 1.165) is 16.6 Å². The summed E-state index contributed by atoms with van der Waals surface area (Å²) in [6.07, 6.45) is 7.91. The zero-order chi connectivity index (χ0) is 14.0. The van der Waals surface area contributed by atoms with E-state index in [1.165, 1.54) is 38.5 Å². The molecule has 0 atom stereocenters. The van der Waals surface area contributed by atoms with Gasteiger partial charge in [-0.3, -0.25) is 0 Å². The molecule has 0 amide bonds. The number of hydrogen-bond acceptors (Lipinski definition) is 4. The van der Waals surface area contributed by atoms with Gasteiger partial charge in [0.05, 0.1) is 5.69 Å². The maximum Gasteiger partial charge on any atom is 0.231 e. The van der Waals surface area contributed by atoms with Gasteiger partial charge in [0, 0.05) is 5.75 Å². The number of para-hydroxylation sites is 1. The first-order valence-corrected chi connectivity index (χ1v) is 8.37. The molecule has 0 spiro atoms. The Bertz CT molecular complexity index is 484. The molecule has 0 unspecified atom stereocenters. The third kappa shape index (κ3) is 4.96. The molecule has 5 heteroatoms. The lowest BCUT2D eigenvalue weighted by Crippen LogP contribution is -1.98. The lowest BCUT2D eigenvalue weighted by molar-refractivity contribution is 0.626. The van der Waals surface area contributed by atoms with Crippen molar-refractivity contribution in [1.29, 1.82) is 0 Å². The van der Waals surface area contributed by atoms with Crippen LogP contribution in [0, 0.1) is 0 Å². The predicted molar refractivity (Wildman–Crippen MR) is 83.3 cm³/mol. The molecule has 1 heterocycles. The number of hydrogen-bond donors (Lipinski definition) is 0. The minimum absolute atomic E-state index is 0.766. The lowest BCUT2D eigenvalue weighted by atomic mass is 10.1. The topological polar surface area (TPSA) is 43.6 Å². The predicted octanol–water partition coefficient (Wildman–Crippen LogP) is 4.11. The number of thioether (sulfide) groups is 1. The van der Waals surface area contributed by atoms with Crippen molar-refractivity contribution in [2.45, 2.75) is 50.6 Å². The van der Waals surface area contributed by atoms with Crippen LogP contribution in [0.25, 0.3) is 5.69 Å². The molecule has 0 radical (unpaired) electrons. The van der Waals surface area contributed by atoms with Crippen molar-refractivity contribution in [2.75, 3.05) is 5.75 Å². The fraction of sp³-hybridized carbons (Fsp3) is 0.533. The summed E-state index contributed by atoms with van der Waals surface area (Å²) in [6, 6.07) is 9.88. The van der Waals surface area contributed by atoms with Crippen molar-refractivity contribution < 1.29 is 0 Å². The normalized spacial score (nSPS) is 10.8. The van der Waals surface area contributed by atoms with Gasteiger partial charge in [0.1, 0.15) is 0 Å². The van der Waals surface area contributed by atoms with Crippen molar-refractivity contribution in [3.05, 3.63) is 30.3 Å². The van der Waals surface area contributed by atoms with E-state index >= 15 is 0 Å². The third-order valence-corrected chi connectivity index (χ3v) is 4.03. The maximum atomic E-state index is 4.39. The summed E-state index contributed by atoms with van der Waals surface area (Å²) in [5.74, 6) is 1.08. The summed E-state index contributed by atoms with van der Waals surface area (Å²) < 4.78 is 0. The number of benzene rings is 1. The quantitative estimate of drug-likeness (QED) is 0.515. The molecule has 0 saturated heterocycles. The van der Waals surface area contributed by atoms with Crippen molar-refractivity contribution in [2.24, 2.45) is 0 Å². The Hall–Kier alpha value is -1.36. The molecule has 0 fully saturated rings. The molecule has 108 valence electrons. The van der Waals surface area contributed by atoms with Crippen LogP contribution in [0.15, 0.2) is 35.5 Å². The van der Waals surface area contributed by atoms with Gasteiger partial charge in [0.15, 0.2) is 0 Å². The fourth-order valence-corrected chi connectivity index (χ4v) is 2.74. The fourth-order valence-electron chi connectivity index (χ4n) is 1.98. The van der Waals surface area contributed by atoms with Gasteiger partial charge in [-0.25, -0.2) is 0 Å². The average Bonchev–Trinajstić information content (AvgIpc) is 2.96. The number of aromatic nitrogens is 4. The summed E-state index contributed by atoms with van der Waals surface area (Å²) in [7, 11) is 0. The Morgan fingerprint density at radius 3 is 2.55 bits per heavy atom. The minimum Gasteiger partial charge on any atom is -0.130 e. The van der Waals surface area contributed by atoms with Gasteiger partial charge in [-0.1, -0.05) is 69.0 Å². The van der Waals surface area contributed by atoms with Crippen molar-refractivity contribution >= 4 is 11.8 Å². The first kappa shape index (κ1) is 15.0. The lowest BCUT2D eigenvalue weighted by Gasteiger charge is -1.99. The molecule has 0 aliphatic heterocycles. The van der Waals surface area contributed by atoms with E-state index in [1.54, 1.807) is 16.6 Å². The van der Waals surface area contributed by atoms with Crippen LogP contribution in [-0.2, 0) is 0 Å². The largest absolute Gasteiger partial charge is 0.231 e. The highest BCUT2D eigenvalue weighted by Gasteiger charge is 2.04. The number of rotatable bonds is 9. The van der Waals surface area contributed by atoms with E-state index in [2.05, 4.69) is 22.3 Å². The highest BCUT2D eigenvalue weighted by molar-refractivity contribution is 7.99. The van der Waals surface area contributed by atoms with Gasteiger partial charge in [0.25, 0.3) is 0 Å². The SMILES string of the molecule is CCCCCCCCSc1nnn(-c2ccccc2)n1. The van der Waals surface area contributed by atoms with Crippen LogP contribution < -0.4 is 0 Å². The van der Waals surface area contributed by atoms with Crippen molar-refractivity contribution in [3.8, 4) is 5.69 Å². The molecule has 1 aromatic carbocycles. The van der Waals surface area contributed by atoms with E-state index < -0.39 is 0 Å². The van der Waals surface area contributed by atoms with Gasteiger partial charge < -0.3 is 0 Å². The summed E-state index contributed by atoms with van der Waals surface area (Å²) in [5.41, 5.74) is 0.950. The van der Waals surface area contributed by atoms with Crippen molar-refractivity contribution in [3.63, 3.8) is 0 Å². The van der Waals surface area contributed by atoms with Crippen LogP contribution in [0.1, 0.15) is 45.4 Å². The summed E-state index contributed by atoms with van der Waals surface area (Å²) in [6.45, 7) is 2.25. The van der Waals surface area contributed by atoms with Gasteiger partial charge in [-0.15, -0.1) is 15.0 Å². The maximum absolute atomic E-state index is 4.39. The van der Waals surface area contributed by atoms with Crippen LogP contribution in [0.3, 0.4) is 0 Å². The number of tetrazole rings is 1. The average molecular weight is 290 g/mol. The Kier molecular flexibility index (Phi) is 6.57. The van der Waals surface area contributed by atoms with Gasteiger partial charge in [0.2, 0.25) is 5.16 Å². The Balaban J connectivity index is 1.69. The Morgan fingerprint density at radius 1 is 1.00 bits per heavy atom. The zero-order valence-corrected chi connectivity index (χ0v) is 12.9. The van der Waals surface area contributed by atoms with Crippen LogP contribution in [0.5, 0.6) is 0 Å². The highest BCUT2D eigenvalue weighted by atomic mass is 32.2. The number of nitrogens with zero attached hydrogens (tertiary/aromatic N) is 4. The molecule has 2 aromatic rings. The van der Waals surface area contributed by atoms with Gasteiger partial charge >= 0.3 is 0 Å².